The molecule has 1 saturated carbocycles. The number of fused-ring (bicyclic) bond motifs is 2. The minimum absolute atomic E-state index is 0.0346. The van der Waals surface area contributed by atoms with Gasteiger partial charge in [0, 0.05) is 39.0 Å². The van der Waals surface area contributed by atoms with Crippen LogP contribution in [-0.2, 0) is 4.79 Å². The standard InChI is InChI=1S/C21H24N4O2/c1-13-5-4-6-16-20(13)24(2)17-11-19(22-12-18(17)25(3)21(16)27)23-14-7-9-15(26)10-8-14/h4-6,11-12,14H,7-10H2,1-3H3,(H,22,23). The zero-order valence-electron chi connectivity index (χ0n) is 16.0. The number of anilines is 4. The number of carbonyl (C=O) groups is 2. The summed E-state index contributed by atoms with van der Waals surface area (Å²) in [4.78, 5) is 32.7. The predicted octanol–water partition coefficient (Wildman–Crippen LogP) is 3.67. The van der Waals surface area contributed by atoms with Crippen LogP contribution in [-0.4, -0.2) is 36.8 Å². The van der Waals surface area contributed by atoms with Gasteiger partial charge >= 0.3 is 0 Å². The molecule has 0 bridgehead atoms. The molecule has 6 heteroatoms. The van der Waals surface area contributed by atoms with Crippen molar-refractivity contribution in [1.82, 2.24) is 4.98 Å². The van der Waals surface area contributed by atoms with Gasteiger partial charge in [-0.2, -0.15) is 0 Å². The highest BCUT2D eigenvalue weighted by Gasteiger charge is 2.29. The molecule has 2 aromatic rings. The van der Waals surface area contributed by atoms with Gasteiger partial charge in [0.15, 0.2) is 0 Å². The number of ketones is 1. The Labute approximate surface area is 159 Å². The first-order chi connectivity index (χ1) is 13.0. The molecular formula is C21H24N4O2. The Balaban J connectivity index is 1.72. The average Bonchev–Trinajstić information content (AvgIpc) is 2.74. The second kappa shape index (κ2) is 6.68. The van der Waals surface area contributed by atoms with Crippen molar-refractivity contribution in [3.63, 3.8) is 0 Å². The number of pyridine rings is 1. The molecule has 0 radical (unpaired) electrons. The molecular weight excluding hydrogens is 340 g/mol. The molecule has 6 nitrogen and oxygen atoms in total. The van der Waals surface area contributed by atoms with Gasteiger partial charge in [0.05, 0.1) is 28.8 Å². The Kier molecular flexibility index (Phi) is 4.34. The molecule has 1 aliphatic heterocycles. The molecule has 1 aliphatic carbocycles. The maximum Gasteiger partial charge on any atom is 0.260 e. The summed E-state index contributed by atoms with van der Waals surface area (Å²) in [6.45, 7) is 2.02. The van der Waals surface area contributed by atoms with Crippen molar-refractivity contribution in [2.45, 2.75) is 38.6 Å². The molecule has 140 valence electrons. The van der Waals surface area contributed by atoms with E-state index in [1.54, 1.807) is 18.1 Å². The zero-order valence-corrected chi connectivity index (χ0v) is 16.0. The van der Waals surface area contributed by atoms with E-state index < -0.39 is 0 Å². The van der Waals surface area contributed by atoms with Gasteiger partial charge in [0.25, 0.3) is 5.91 Å². The summed E-state index contributed by atoms with van der Waals surface area (Å²) in [5.41, 5.74) is 4.39. The van der Waals surface area contributed by atoms with Crippen LogP contribution in [0.15, 0.2) is 30.5 Å². The average molecular weight is 364 g/mol. The summed E-state index contributed by atoms with van der Waals surface area (Å²) in [5.74, 6) is 1.08. The second-order valence-electron chi connectivity index (χ2n) is 7.41. The van der Waals surface area contributed by atoms with Crippen LogP contribution in [0.1, 0.15) is 41.6 Å². The zero-order chi connectivity index (χ0) is 19.1. The molecule has 1 N–H and O–H groups in total. The van der Waals surface area contributed by atoms with Crippen LogP contribution in [0, 0.1) is 6.92 Å². The van der Waals surface area contributed by atoms with Crippen molar-refractivity contribution >= 4 is 34.6 Å². The second-order valence-corrected chi connectivity index (χ2v) is 7.41. The fourth-order valence-corrected chi connectivity index (χ4v) is 4.02. The third-order valence-corrected chi connectivity index (χ3v) is 5.59. The topological polar surface area (TPSA) is 65.5 Å². The van der Waals surface area contributed by atoms with Crippen molar-refractivity contribution in [2.24, 2.45) is 0 Å². The van der Waals surface area contributed by atoms with Gasteiger partial charge in [-0.3, -0.25) is 9.59 Å². The van der Waals surface area contributed by atoms with Crippen molar-refractivity contribution < 1.29 is 9.59 Å². The monoisotopic (exact) mass is 364 g/mol. The van der Waals surface area contributed by atoms with E-state index in [2.05, 4.69) is 15.2 Å². The number of amides is 1. The summed E-state index contributed by atoms with van der Waals surface area (Å²) < 4.78 is 0. The highest BCUT2D eigenvalue weighted by Crippen LogP contribution is 2.41. The number of nitrogens with one attached hydrogen (secondary N) is 1. The number of para-hydroxylation sites is 1. The SMILES string of the molecule is Cc1cccc2c1N(C)c1cc(NC3CCC(=O)CC3)ncc1N(C)C2=O. The number of carbonyl (C=O) groups excluding carboxylic acids is 2. The predicted molar refractivity (Wildman–Crippen MR) is 107 cm³/mol. The summed E-state index contributed by atoms with van der Waals surface area (Å²) in [6, 6.07) is 8.07. The number of benzene rings is 1. The molecule has 1 amide bonds. The molecule has 2 heterocycles. The van der Waals surface area contributed by atoms with Gasteiger partial charge in [0.2, 0.25) is 0 Å². The number of Topliss-reactive ketones (excluding diaryl/α,β-unsaturated/α-hetero) is 1. The Morgan fingerprint density at radius 1 is 1.07 bits per heavy atom. The van der Waals surface area contributed by atoms with Crippen LogP contribution >= 0.6 is 0 Å². The highest BCUT2D eigenvalue weighted by atomic mass is 16.2. The first-order valence-corrected chi connectivity index (χ1v) is 9.35. The van der Waals surface area contributed by atoms with Gasteiger partial charge in [-0.25, -0.2) is 4.98 Å². The summed E-state index contributed by atoms with van der Waals surface area (Å²) >= 11 is 0. The van der Waals surface area contributed by atoms with Crippen molar-refractivity contribution in [2.75, 3.05) is 29.2 Å². The van der Waals surface area contributed by atoms with Gasteiger partial charge in [-0.05, 0) is 31.4 Å². The minimum Gasteiger partial charge on any atom is -0.367 e. The molecule has 1 aromatic carbocycles. The van der Waals surface area contributed by atoms with Crippen LogP contribution in [0.4, 0.5) is 22.9 Å². The third-order valence-electron chi connectivity index (χ3n) is 5.59. The van der Waals surface area contributed by atoms with Gasteiger partial charge in [0.1, 0.15) is 11.6 Å². The van der Waals surface area contributed by atoms with Gasteiger partial charge in [-0.15, -0.1) is 0 Å². The van der Waals surface area contributed by atoms with Crippen molar-refractivity contribution in [3.05, 3.63) is 41.6 Å². The Morgan fingerprint density at radius 3 is 2.56 bits per heavy atom. The maximum absolute atomic E-state index is 13.0. The maximum atomic E-state index is 13.0. The van der Waals surface area contributed by atoms with Crippen LogP contribution in [0.2, 0.25) is 0 Å². The Morgan fingerprint density at radius 2 is 1.81 bits per heavy atom. The van der Waals surface area contributed by atoms with Gasteiger partial charge < -0.3 is 15.1 Å². The summed E-state index contributed by atoms with van der Waals surface area (Å²) in [7, 11) is 3.77. The number of nitrogens with zero attached hydrogens (tertiary/aromatic N) is 3. The lowest BCUT2D eigenvalue weighted by Gasteiger charge is -2.26. The van der Waals surface area contributed by atoms with E-state index in [0.29, 0.717) is 24.2 Å². The van der Waals surface area contributed by atoms with Crippen molar-refractivity contribution in [3.8, 4) is 0 Å². The number of aryl methyl sites for hydroxylation is 1. The van der Waals surface area contributed by atoms with E-state index in [-0.39, 0.29) is 11.9 Å². The van der Waals surface area contributed by atoms with E-state index in [1.807, 2.05) is 38.2 Å². The van der Waals surface area contributed by atoms with Crippen molar-refractivity contribution in [1.29, 1.82) is 0 Å². The molecule has 0 spiro atoms. The number of hydrogen-bond acceptors (Lipinski definition) is 5. The lowest BCUT2D eigenvalue weighted by atomic mass is 9.94. The highest BCUT2D eigenvalue weighted by molar-refractivity contribution is 6.14. The lowest BCUT2D eigenvalue weighted by Crippen LogP contribution is -2.27. The Bertz CT molecular complexity index is 914. The Hall–Kier alpha value is -2.89. The third kappa shape index (κ3) is 3.05. The summed E-state index contributed by atoms with van der Waals surface area (Å²) in [5, 5.41) is 3.46. The number of rotatable bonds is 2. The van der Waals surface area contributed by atoms with E-state index >= 15 is 0 Å². The quantitative estimate of drug-likeness (QED) is 0.881. The molecule has 1 fully saturated rings. The fourth-order valence-electron chi connectivity index (χ4n) is 4.02. The van der Waals surface area contributed by atoms with E-state index in [1.165, 1.54) is 0 Å². The summed E-state index contributed by atoms with van der Waals surface area (Å²) in [6.07, 6.45) is 4.70. The first-order valence-electron chi connectivity index (χ1n) is 9.35. The smallest absolute Gasteiger partial charge is 0.260 e. The number of aromatic nitrogens is 1. The fraction of sp³-hybridized carbons (Fsp3) is 0.381. The molecule has 1 aromatic heterocycles. The van der Waals surface area contributed by atoms with E-state index in [4.69, 9.17) is 0 Å². The molecule has 2 aliphatic rings. The molecule has 0 atom stereocenters. The van der Waals surface area contributed by atoms with Crippen LogP contribution < -0.4 is 15.1 Å². The van der Waals surface area contributed by atoms with E-state index in [9.17, 15) is 9.59 Å². The van der Waals surface area contributed by atoms with Gasteiger partial charge in [-0.1, -0.05) is 12.1 Å². The molecule has 27 heavy (non-hydrogen) atoms. The molecule has 0 saturated heterocycles. The largest absolute Gasteiger partial charge is 0.367 e. The van der Waals surface area contributed by atoms with Crippen LogP contribution in [0.3, 0.4) is 0 Å². The molecule has 0 unspecified atom stereocenters. The first kappa shape index (κ1) is 17.5. The van der Waals surface area contributed by atoms with E-state index in [0.717, 1.165) is 41.3 Å². The van der Waals surface area contributed by atoms with Crippen LogP contribution in [0.25, 0.3) is 0 Å². The lowest BCUT2D eigenvalue weighted by molar-refractivity contribution is -0.120. The molecule has 4 rings (SSSR count). The minimum atomic E-state index is -0.0346. The normalized spacial score (nSPS) is 17.4. The number of hydrogen-bond donors (Lipinski definition) is 1. The van der Waals surface area contributed by atoms with Crippen LogP contribution in [0.5, 0.6) is 0 Å².